The van der Waals surface area contributed by atoms with Gasteiger partial charge in [-0.05, 0) is 61.0 Å². The number of pyridine rings is 2. The largest absolute Gasteiger partial charge is 0.382 e. The van der Waals surface area contributed by atoms with E-state index in [1.54, 1.807) is 25.6 Å². The van der Waals surface area contributed by atoms with Crippen LogP contribution in [0.4, 0.5) is 15.8 Å². The van der Waals surface area contributed by atoms with Crippen LogP contribution in [-0.4, -0.2) is 38.1 Å². The third-order valence-corrected chi connectivity index (χ3v) is 6.95. The lowest BCUT2D eigenvalue weighted by Crippen LogP contribution is -2.18. The Labute approximate surface area is 202 Å². The van der Waals surface area contributed by atoms with Crippen LogP contribution in [0.15, 0.2) is 71.9 Å². The number of benzene rings is 2. The van der Waals surface area contributed by atoms with E-state index < -0.39 is 15.8 Å². The normalized spacial score (nSPS) is 12.5. The maximum atomic E-state index is 13.2. The topological polar surface area (TPSA) is 93.2 Å². The van der Waals surface area contributed by atoms with Crippen molar-refractivity contribution in [2.24, 2.45) is 0 Å². The molecular formula is C24H22ClFN4O3S. The molecule has 0 spiro atoms. The molecule has 4 aromatic rings. The van der Waals surface area contributed by atoms with Crippen LogP contribution in [0.3, 0.4) is 0 Å². The molecule has 34 heavy (non-hydrogen) atoms. The van der Waals surface area contributed by atoms with E-state index in [2.05, 4.69) is 20.0 Å². The van der Waals surface area contributed by atoms with Gasteiger partial charge >= 0.3 is 0 Å². The molecule has 176 valence electrons. The third-order valence-electron chi connectivity index (χ3n) is 5.26. The Balaban J connectivity index is 1.68. The molecule has 7 nitrogen and oxygen atoms in total. The van der Waals surface area contributed by atoms with Gasteiger partial charge in [-0.2, -0.15) is 0 Å². The van der Waals surface area contributed by atoms with Crippen molar-refractivity contribution in [1.82, 2.24) is 9.97 Å². The number of sulfonamides is 1. The number of hydrogen-bond donors (Lipinski definition) is 2. The summed E-state index contributed by atoms with van der Waals surface area (Å²) in [6, 6.07) is 13.7. The fourth-order valence-electron chi connectivity index (χ4n) is 3.31. The molecule has 1 unspecified atom stereocenters. The van der Waals surface area contributed by atoms with Crippen molar-refractivity contribution in [2.75, 3.05) is 23.7 Å². The van der Waals surface area contributed by atoms with Crippen molar-refractivity contribution < 1.29 is 17.5 Å². The molecule has 2 N–H and O–H groups in total. The number of hydrogen-bond acceptors (Lipinski definition) is 6. The van der Waals surface area contributed by atoms with Crippen molar-refractivity contribution in [3.05, 3.63) is 78.0 Å². The van der Waals surface area contributed by atoms with E-state index in [1.807, 2.05) is 31.2 Å². The Hall–Kier alpha value is -3.27. The second-order valence-corrected chi connectivity index (χ2v) is 9.68. The van der Waals surface area contributed by atoms with Gasteiger partial charge < -0.3 is 10.1 Å². The molecule has 2 aromatic carbocycles. The molecule has 4 rings (SSSR count). The summed E-state index contributed by atoms with van der Waals surface area (Å²) in [5.74, 6) is -0.531. The lowest BCUT2D eigenvalue weighted by atomic mass is 10.0. The number of halogens is 2. The van der Waals surface area contributed by atoms with E-state index in [0.717, 1.165) is 34.3 Å². The fraction of sp³-hybridized carbons (Fsp3) is 0.167. The number of fused-ring (bicyclic) bond motifs is 1. The highest BCUT2D eigenvalue weighted by molar-refractivity contribution is 7.92. The Bertz CT molecular complexity index is 1430. The average molecular weight is 501 g/mol. The van der Waals surface area contributed by atoms with Crippen LogP contribution in [0.5, 0.6) is 0 Å². The number of aromatic nitrogens is 2. The second kappa shape index (κ2) is 9.92. The average Bonchev–Trinajstić information content (AvgIpc) is 2.83. The van der Waals surface area contributed by atoms with Gasteiger partial charge in [0.15, 0.2) is 5.15 Å². The number of nitrogens with one attached hydrogen (secondary N) is 2. The number of nitrogens with zero attached hydrogens (tertiary/aromatic N) is 2. The summed E-state index contributed by atoms with van der Waals surface area (Å²) in [6.07, 6.45) is 3.33. The standard InChI is InChI=1S/C24H22ClFN4O3S/c1-15(33-2)13-28-22-9-10-27-21-8-3-16(11-20(21)22)17-12-23(24(25)29-14-17)30-34(31,32)19-6-4-18(26)5-7-19/h3-12,14-15,30H,13H2,1-2H3,(H,27,28). The van der Waals surface area contributed by atoms with Gasteiger partial charge in [0.25, 0.3) is 10.0 Å². The summed E-state index contributed by atoms with van der Waals surface area (Å²) in [4.78, 5) is 8.48. The summed E-state index contributed by atoms with van der Waals surface area (Å²) < 4.78 is 46.4. The van der Waals surface area contributed by atoms with Crippen LogP contribution in [0.25, 0.3) is 22.0 Å². The van der Waals surface area contributed by atoms with Crippen LogP contribution < -0.4 is 10.0 Å². The first-order valence-electron chi connectivity index (χ1n) is 10.4. The van der Waals surface area contributed by atoms with Gasteiger partial charge in [-0.1, -0.05) is 17.7 Å². The van der Waals surface area contributed by atoms with Crippen molar-refractivity contribution in [3.8, 4) is 11.1 Å². The maximum Gasteiger partial charge on any atom is 0.261 e. The Morgan fingerprint density at radius 2 is 1.79 bits per heavy atom. The molecule has 2 heterocycles. The predicted molar refractivity (Wildman–Crippen MR) is 132 cm³/mol. The molecule has 0 bridgehead atoms. The zero-order chi connectivity index (χ0) is 24.3. The Kier molecular flexibility index (Phi) is 6.97. The summed E-state index contributed by atoms with van der Waals surface area (Å²) >= 11 is 6.18. The van der Waals surface area contributed by atoms with Crippen molar-refractivity contribution >= 4 is 43.9 Å². The monoisotopic (exact) mass is 500 g/mol. The first-order valence-corrected chi connectivity index (χ1v) is 12.2. The quantitative estimate of drug-likeness (QED) is 0.317. The van der Waals surface area contributed by atoms with Gasteiger partial charge in [-0.3, -0.25) is 9.71 Å². The molecule has 0 aliphatic carbocycles. The summed E-state index contributed by atoms with van der Waals surface area (Å²) in [5, 5.41) is 4.26. The zero-order valence-electron chi connectivity index (χ0n) is 18.4. The highest BCUT2D eigenvalue weighted by atomic mass is 35.5. The van der Waals surface area contributed by atoms with Gasteiger partial charge in [0.05, 0.1) is 22.2 Å². The molecule has 10 heteroatoms. The lowest BCUT2D eigenvalue weighted by Gasteiger charge is -2.14. The first-order chi connectivity index (χ1) is 16.3. The van der Waals surface area contributed by atoms with Crippen molar-refractivity contribution in [1.29, 1.82) is 0 Å². The van der Waals surface area contributed by atoms with Gasteiger partial charge in [0, 0.05) is 42.7 Å². The fourth-order valence-corrected chi connectivity index (χ4v) is 4.58. The predicted octanol–water partition coefficient (Wildman–Crippen LogP) is 5.34. The van der Waals surface area contributed by atoms with Gasteiger partial charge in [-0.25, -0.2) is 17.8 Å². The smallest absolute Gasteiger partial charge is 0.261 e. The molecular weight excluding hydrogens is 479 g/mol. The molecule has 0 fully saturated rings. The van der Waals surface area contributed by atoms with E-state index in [4.69, 9.17) is 16.3 Å². The number of methoxy groups -OCH3 is 1. The molecule has 0 saturated carbocycles. The summed E-state index contributed by atoms with van der Waals surface area (Å²) in [6.45, 7) is 2.59. The van der Waals surface area contributed by atoms with Gasteiger partial charge in [-0.15, -0.1) is 0 Å². The highest BCUT2D eigenvalue weighted by Gasteiger charge is 2.17. The molecule has 0 aliphatic rings. The molecule has 0 amide bonds. The maximum absolute atomic E-state index is 13.2. The van der Waals surface area contributed by atoms with Crippen molar-refractivity contribution in [2.45, 2.75) is 17.9 Å². The van der Waals surface area contributed by atoms with Crippen LogP contribution in [-0.2, 0) is 14.8 Å². The van der Waals surface area contributed by atoms with E-state index in [-0.39, 0.29) is 21.8 Å². The molecule has 0 saturated heterocycles. The van der Waals surface area contributed by atoms with Crippen molar-refractivity contribution in [3.63, 3.8) is 0 Å². The number of ether oxygens (including phenoxy) is 1. The second-order valence-electron chi connectivity index (χ2n) is 7.64. The van der Waals surface area contributed by atoms with Crippen LogP contribution >= 0.6 is 11.6 Å². The van der Waals surface area contributed by atoms with Gasteiger partial charge in [0.1, 0.15) is 5.82 Å². The summed E-state index contributed by atoms with van der Waals surface area (Å²) in [5.41, 5.74) is 3.27. The van der Waals surface area contributed by atoms with E-state index >= 15 is 0 Å². The Morgan fingerprint density at radius 3 is 2.53 bits per heavy atom. The number of anilines is 2. The zero-order valence-corrected chi connectivity index (χ0v) is 20.0. The minimum Gasteiger partial charge on any atom is -0.382 e. The molecule has 1 atom stereocenters. The minimum absolute atomic E-state index is 0.00667. The molecule has 2 aromatic heterocycles. The van der Waals surface area contributed by atoms with E-state index in [9.17, 15) is 12.8 Å². The SMILES string of the molecule is COC(C)CNc1ccnc2ccc(-c3cnc(Cl)c(NS(=O)(=O)c4ccc(F)cc4)c3)cc12. The van der Waals surface area contributed by atoms with Crippen LogP contribution in [0.1, 0.15) is 6.92 Å². The van der Waals surface area contributed by atoms with Gasteiger partial charge in [0.2, 0.25) is 0 Å². The lowest BCUT2D eigenvalue weighted by molar-refractivity contribution is 0.129. The summed E-state index contributed by atoms with van der Waals surface area (Å²) in [7, 11) is -2.33. The minimum atomic E-state index is -3.98. The third kappa shape index (κ3) is 5.27. The number of rotatable bonds is 8. The highest BCUT2D eigenvalue weighted by Crippen LogP contribution is 2.32. The first kappa shape index (κ1) is 23.9. The van der Waals surface area contributed by atoms with E-state index in [0.29, 0.717) is 12.1 Å². The van der Waals surface area contributed by atoms with Crippen LogP contribution in [0, 0.1) is 5.82 Å². The molecule has 0 aliphatic heterocycles. The molecule has 0 radical (unpaired) electrons. The van der Waals surface area contributed by atoms with Crippen LogP contribution in [0.2, 0.25) is 5.15 Å². The van der Waals surface area contributed by atoms with E-state index in [1.165, 1.54) is 12.1 Å². The Morgan fingerprint density at radius 1 is 1.03 bits per heavy atom.